The molecule has 0 aliphatic heterocycles. The van der Waals surface area contributed by atoms with Crippen molar-refractivity contribution in [2.45, 2.75) is 19.8 Å². The lowest BCUT2D eigenvalue weighted by Gasteiger charge is -1.94. The lowest BCUT2D eigenvalue weighted by molar-refractivity contribution is 0.542. The summed E-state index contributed by atoms with van der Waals surface area (Å²) in [7, 11) is 0. The molecule has 15 heavy (non-hydrogen) atoms. The largest absolute Gasteiger partial charge is 0.456 e. The second-order valence-corrected chi connectivity index (χ2v) is 4.48. The van der Waals surface area contributed by atoms with Crippen molar-refractivity contribution in [2.75, 3.05) is 5.73 Å². The molecule has 0 saturated heterocycles. The van der Waals surface area contributed by atoms with Crippen LogP contribution in [0.3, 0.4) is 0 Å². The fourth-order valence-electron chi connectivity index (χ4n) is 1.46. The van der Waals surface area contributed by atoms with E-state index < -0.39 is 0 Å². The molecule has 0 unspecified atom stereocenters. The van der Waals surface area contributed by atoms with Crippen molar-refractivity contribution in [2.24, 2.45) is 0 Å². The minimum absolute atomic E-state index is 0.379. The van der Waals surface area contributed by atoms with E-state index in [1.165, 1.54) is 0 Å². The minimum Gasteiger partial charge on any atom is -0.456 e. The van der Waals surface area contributed by atoms with Crippen LogP contribution in [0.5, 0.6) is 0 Å². The van der Waals surface area contributed by atoms with E-state index in [-0.39, 0.29) is 0 Å². The number of hydrogen-bond donors (Lipinski definition) is 1. The van der Waals surface area contributed by atoms with E-state index in [9.17, 15) is 0 Å². The zero-order valence-electron chi connectivity index (χ0n) is 8.18. The van der Waals surface area contributed by atoms with Crippen LogP contribution in [0.2, 0.25) is 5.15 Å². The molecule has 0 spiro atoms. The Balaban J connectivity index is 2.70. The number of nitrogens with zero attached hydrogens (tertiary/aromatic N) is 1. The van der Waals surface area contributed by atoms with Crippen molar-refractivity contribution < 1.29 is 4.42 Å². The van der Waals surface area contributed by atoms with Crippen molar-refractivity contribution in [3.05, 3.63) is 21.5 Å². The number of nitrogen functional groups attached to an aromatic ring is 1. The van der Waals surface area contributed by atoms with Gasteiger partial charge in [0.1, 0.15) is 16.4 Å². The Morgan fingerprint density at radius 2 is 2.33 bits per heavy atom. The van der Waals surface area contributed by atoms with Gasteiger partial charge in [-0.15, -0.1) is 0 Å². The average Bonchev–Trinajstić information content (AvgIpc) is 2.47. The number of pyridine rings is 1. The molecular weight excluding hydrogens is 279 g/mol. The number of aryl methyl sites for hydroxylation is 1. The first-order valence-corrected chi connectivity index (χ1v) is 5.83. The second kappa shape index (κ2) is 4.02. The highest BCUT2D eigenvalue weighted by molar-refractivity contribution is 9.10. The predicted octanol–water partition coefficient (Wildman–Crippen LogP) is 3.78. The fourth-order valence-corrected chi connectivity index (χ4v) is 2.21. The van der Waals surface area contributed by atoms with Gasteiger partial charge in [0.15, 0.2) is 5.58 Å². The normalized spacial score (nSPS) is 11.1. The molecular formula is C10H10BrClN2O. The third kappa shape index (κ3) is 1.84. The van der Waals surface area contributed by atoms with Gasteiger partial charge in [0.2, 0.25) is 0 Å². The zero-order valence-corrected chi connectivity index (χ0v) is 10.5. The molecule has 0 atom stereocenters. The van der Waals surface area contributed by atoms with Gasteiger partial charge in [-0.1, -0.05) is 18.5 Å². The third-order valence-corrected chi connectivity index (χ3v) is 3.14. The van der Waals surface area contributed by atoms with Crippen LogP contribution >= 0.6 is 27.5 Å². The van der Waals surface area contributed by atoms with Gasteiger partial charge in [0.25, 0.3) is 0 Å². The van der Waals surface area contributed by atoms with Crippen molar-refractivity contribution >= 4 is 44.3 Å². The van der Waals surface area contributed by atoms with Gasteiger partial charge >= 0.3 is 0 Å². The Morgan fingerprint density at radius 3 is 3.00 bits per heavy atom. The van der Waals surface area contributed by atoms with Gasteiger partial charge < -0.3 is 10.2 Å². The molecule has 0 aromatic carbocycles. The van der Waals surface area contributed by atoms with E-state index in [1.54, 1.807) is 6.07 Å². The fraction of sp³-hybridized carbons (Fsp3) is 0.300. The molecule has 2 heterocycles. The predicted molar refractivity (Wildman–Crippen MR) is 65.1 cm³/mol. The van der Waals surface area contributed by atoms with Crippen LogP contribution in [-0.2, 0) is 6.42 Å². The van der Waals surface area contributed by atoms with E-state index in [0.29, 0.717) is 21.9 Å². The topological polar surface area (TPSA) is 52.0 Å². The summed E-state index contributed by atoms with van der Waals surface area (Å²) in [5.41, 5.74) is 7.62. The summed E-state index contributed by atoms with van der Waals surface area (Å²) in [6, 6.07) is 1.59. The Labute approximate surface area is 101 Å². The monoisotopic (exact) mass is 288 g/mol. The molecule has 2 N–H and O–H groups in total. The minimum atomic E-state index is 0.379. The summed E-state index contributed by atoms with van der Waals surface area (Å²) in [5, 5.41) is 0.379. The molecule has 5 heteroatoms. The summed E-state index contributed by atoms with van der Waals surface area (Å²) in [6.07, 6.45) is 1.86. The summed E-state index contributed by atoms with van der Waals surface area (Å²) < 4.78 is 6.49. The maximum absolute atomic E-state index is 5.83. The van der Waals surface area contributed by atoms with Crippen molar-refractivity contribution in [1.82, 2.24) is 4.98 Å². The number of hydrogen-bond acceptors (Lipinski definition) is 3. The Hall–Kier alpha value is -0.740. The van der Waals surface area contributed by atoms with Gasteiger partial charge in [-0.3, -0.25) is 0 Å². The lowest BCUT2D eigenvalue weighted by Crippen LogP contribution is -1.87. The molecule has 0 aliphatic carbocycles. The summed E-state index contributed by atoms with van der Waals surface area (Å²) in [5.74, 6) is 0.869. The third-order valence-electron chi connectivity index (χ3n) is 2.13. The molecule has 0 bridgehead atoms. The van der Waals surface area contributed by atoms with E-state index >= 15 is 0 Å². The zero-order chi connectivity index (χ0) is 11.0. The standard InChI is InChI=1S/C10H10BrClN2O/c1-2-3-6-8(11)9-10(15-6)5(13)4-7(12)14-9/h4H,2-3H2,1H3,(H2,13,14). The quantitative estimate of drug-likeness (QED) is 0.856. The smallest absolute Gasteiger partial charge is 0.176 e. The maximum atomic E-state index is 5.83. The molecule has 0 saturated carbocycles. The molecule has 0 aliphatic rings. The Bertz CT molecular complexity index is 510. The first-order chi connectivity index (χ1) is 7.13. The second-order valence-electron chi connectivity index (χ2n) is 3.30. The number of halogens is 2. The van der Waals surface area contributed by atoms with Crippen LogP contribution < -0.4 is 5.73 Å². The number of rotatable bonds is 2. The molecule has 0 amide bonds. The van der Waals surface area contributed by atoms with Gasteiger partial charge in [0.05, 0.1) is 10.2 Å². The number of anilines is 1. The number of nitrogens with two attached hydrogens (primary N) is 1. The molecule has 0 fully saturated rings. The molecule has 2 aromatic rings. The Kier molecular flexibility index (Phi) is 2.89. The van der Waals surface area contributed by atoms with Gasteiger partial charge in [-0.05, 0) is 22.4 Å². The first-order valence-electron chi connectivity index (χ1n) is 4.66. The average molecular weight is 290 g/mol. The number of fused-ring (bicyclic) bond motifs is 1. The number of aromatic nitrogens is 1. The van der Waals surface area contributed by atoms with E-state index in [4.69, 9.17) is 21.8 Å². The summed E-state index contributed by atoms with van der Waals surface area (Å²) in [4.78, 5) is 4.18. The Morgan fingerprint density at radius 1 is 1.60 bits per heavy atom. The van der Waals surface area contributed by atoms with Crippen LogP contribution in [0, 0.1) is 0 Å². The molecule has 80 valence electrons. The lowest BCUT2D eigenvalue weighted by atomic mass is 10.2. The first kappa shape index (κ1) is 10.8. The maximum Gasteiger partial charge on any atom is 0.176 e. The highest BCUT2D eigenvalue weighted by atomic mass is 79.9. The van der Waals surface area contributed by atoms with Crippen LogP contribution in [0.25, 0.3) is 11.1 Å². The molecule has 0 radical (unpaired) electrons. The molecule has 2 aromatic heterocycles. The van der Waals surface area contributed by atoms with Crippen LogP contribution in [0.15, 0.2) is 15.0 Å². The highest BCUT2D eigenvalue weighted by Gasteiger charge is 2.15. The molecule has 2 rings (SSSR count). The SMILES string of the molecule is CCCc1oc2c(N)cc(Cl)nc2c1Br. The number of furan rings is 1. The van der Waals surface area contributed by atoms with E-state index in [1.807, 2.05) is 0 Å². The summed E-state index contributed by atoms with van der Waals surface area (Å²) in [6.45, 7) is 2.09. The van der Waals surface area contributed by atoms with Gasteiger partial charge in [0, 0.05) is 12.5 Å². The van der Waals surface area contributed by atoms with Gasteiger partial charge in [-0.2, -0.15) is 0 Å². The van der Waals surface area contributed by atoms with E-state index in [2.05, 4.69) is 27.8 Å². The van der Waals surface area contributed by atoms with Crippen molar-refractivity contribution in [1.29, 1.82) is 0 Å². The van der Waals surface area contributed by atoms with Crippen molar-refractivity contribution in [3.63, 3.8) is 0 Å². The van der Waals surface area contributed by atoms with Crippen molar-refractivity contribution in [3.8, 4) is 0 Å². The van der Waals surface area contributed by atoms with Crippen LogP contribution in [0.4, 0.5) is 5.69 Å². The van der Waals surface area contributed by atoms with Crippen LogP contribution in [-0.4, -0.2) is 4.98 Å². The summed E-state index contributed by atoms with van der Waals surface area (Å²) >= 11 is 9.28. The van der Waals surface area contributed by atoms with Gasteiger partial charge in [-0.25, -0.2) is 4.98 Å². The molecule has 3 nitrogen and oxygen atoms in total. The highest BCUT2D eigenvalue weighted by Crippen LogP contribution is 2.34. The van der Waals surface area contributed by atoms with E-state index in [0.717, 1.165) is 23.1 Å². The van der Waals surface area contributed by atoms with Crippen LogP contribution in [0.1, 0.15) is 19.1 Å².